The first kappa shape index (κ1) is 25.0. The van der Waals surface area contributed by atoms with Gasteiger partial charge in [0, 0.05) is 38.3 Å². The van der Waals surface area contributed by atoms with E-state index in [-0.39, 0.29) is 42.3 Å². The molecule has 0 bridgehead atoms. The van der Waals surface area contributed by atoms with Crippen LogP contribution in [-0.4, -0.2) is 42.4 Å². The van der Waals surface area contributed by atoms with Gasteiger partial charge in [-0.2, -0.15) is 0 Å². The molecule has 2 aromatic carbocycles. The normalized spacial score (nSPS) is 15.6. The molecule has 1 aliphatic heterocycles. The number of alkyl halides is 3. The molecular weight excluding hydrogens is 434 g/mol. The number of halogens is 5. The number of piperazine rings is 1. The Labute approximate surface area is 178 Å². The molecule has 11 heteroatoms. The molecule has 29 heavy (non-hydrogen) atoms. The number of nitrogens with zero attached hydrogens (tertiary/aromatic N) is 2. The van der Waals surface area contributed by atoms with Crippen molar-refractivity contribution in [3.8, 4) is 5.75 Å². The Bertz CT molecular complexity index is 801. The summed E-state index contributed by atoms with van der Waals surface area (Å²) in [5.74, 6) is -0.302. The average Bonchev–Trinajstić information content (AvgIpc) is 2.63. The summed E-state index contributed by atoms with van der Waals surface area (Å²) < 4.78 is 41.1. The third-order valence-electron chi connectivity index (χ3n) is 4.34. The number of nitro groups is 1. The van der Waals surface area contributed by atoms with E-state index in [2.05, 4.69) is 15.0 Å². The van der Waals surface area contributed by atoms with E-state index < -0.39 is 11.3 Å². The van der Waals surface area contributed by atoms with Crippen LogP contribution in [0, 0.1) is 10.1 Å². The third kappa shape index (κ3) is 6.74. The number of hydrogen-bond donors (Lipinski definition) is 1. The molecule has 0 unspecified atom stereocenters. The van der Waals surface area contributed by atoms with Gasteiger partial charge in [-0.25, -0.2) is 0 Å². The van der Waals surface area contributed by atoms with Gasteiger partial charge < -0.3 is 10.1 Å². The number of non-ortho nitro benzene ring substituents is 1. The molecule has 0 spiro atoms. The lowest BCUT2D eigenvalue weighted by atomic mass is 9.96. The zero-order chi connectivity index (χ0) is 19.4. The molecule has 0 aromatic heterocycles. The Morgan fingerprint density at radius 2 is 1.66 bits per heavy atom. The predicted molar refractivity (Wildman–Crippen MR) is 107 cm³/mol. The molecule has 0 amide bonds. The van der Waals surface area contributed by atoms with Crippen LogP contribution in [0.1, 0.15) is 17.2 Å². The lowest BCUT2D eigenvalue weighted by Crippen LogP contribution is -2.45. The van der Waals surface area contributed by atoms with Gasteiger partial charge in [0.05, 0.1) is 11.0 Å². The quantitative estimate of drug-likeness (QED) is 0.538. The lowest BCUT2D eigenvalue weighted by Gasteiger charge is -2.35. The van der Waals surface area contributed by atoms with Crippen molar-refractivity contribution in [1.29, 1.82) is 0 Å². The van der Waals surface area contributed by atoms with Crippen LogP contribution in [0.15, 0.2) is 48.5 Å². The van der Waals surface area contributed by atoms with Gasteiger partial charge in [-0.1, -0.05) is 24.3 Å². The maximum Gasteiger partial charge on any atom is 0.573 e. The van der Waals surface area contributed by atoms with E-state index in [0.29, 0.717) is 13.1 Å². The molecule has 1 N–H and O–H groups in total. The van der Waals surface area contributed by atoms with Crippen molar-refractivity contribution in [2.75, 3.05) is 26.2 Å². The second kappa shape index (κ2) is 10.6. The summed E-state index contributed by atoms with van der Waals surface area (Å²) in [4.78, 5) is 12.8. The second-order valence-corrected chi connectivity index (χ2v) is 6.16. The van der Waals surface area contributed by atoms with E-state index in [1.54, 1.807) is 24.3 Å². The maximum atomic E-state index is 12.4. The van der Waals surface area contributed by atoms with Crippen molar-refractivity contribution in [2.24, 2.45) is 0 Å². The van der Waals surface area contributed by atoms with Gasteiger partial charge in [0.2, 0.25) is 0 Å². The molecule has 3 rings (SSSR count). The van der Waals surface area contributed by atoms with Gasteiger partial charge >= 0.3 is 6.36 Å². The van der Waals surface area contributed by atoms with Crippen molar-refractivity contribution in [1.82, 2.24) is 10.2 Å². The Kier molecular flexibility index (Phi) is 9.15. The average molecular weight is 454 g/mol. The molecule has 1 fully saturated rings. The molecule has 0 saturated carbocycles. The summed E-state index contributed by atoms with van der Waals surface area (Å²) >= 11 is 0. The Balaban J connectivity index is 0.00000210. The molecule has 0 aliphatic carbocycles. The van der Waals surface area contributed by atoms with E-state index in [9.17, 15) is 23.3 Å². The highest BCUT2D eigenvalue weighted by Crippen LogP contribution is 2.32. The van der Waals surface area contributed by atoms with E-state index in [4.69, 9.17) is 0 Å². The summed E-state index contributed by atoms with van der Waals surface area (Å²) in [5.41, 5.74) is 1.44. The van der Waals surface area contributed by atoms with Crippen LogP contribution in [0.4, 0.5) is 18.9 Å². The zero-order valence-corrected chi connectivity index (χ0v) is 16.7. The summed E-state index contributed by atoms with van der Waals surface area (Å²) in [6.45, 7) is 2.96. The minimum absolute atomic E-state index is 0. The van der Waals surface area contributed by atoms with Crippen molar-refractivity contribution in [3.05, 3.63) is 69.8 Å². The fraction of sp³-hybridized carbons (Fsp3) is 0.333. The second-order valence-electron chi connectivity index (χ2n) is 6.16. The number of hydrogen-bond acceptors (Lipinski definition) is 5. The first-order valence-electron chi connectivity index (χ1n) is 8.38. The van der Waals surface area contributed by atoms with Crippen molar-refractivity contribution in [3.63, 3.8) is 0 Å². The summed E-state index contributed by atoms with van der Waals surface area (Å²) in [7, 11) is 0. The van der Waals surface area contributed by atoms with Gasteiger partial charge in [-0.15, -0.1) is 38.0 Å². The standard InChI is InChI=1S/C18H18F3N3O3.2ClH/c19-18(20,21)27-16-6-4-13(5-7-16)17(23-10-8-22-9-11-23)14-2-1-3-15(12-14)24(25)26;;/h1-7,12,17,22H,8-11H2;2*1H/t17-;;/m0../s1. The molecule has 0 radical (unpaired) electrons. The highest BCUT2D eigenvalue weighted by Gasteiger charge is 2.31. The molecule has 1 heterocycles. The van der Waals surface area contributed by atoms with Crippen molar-refractivity contribution >= 4 is 30.5 Å². The number of nitro benzene ring substituents is 1. The van der Waals surface area contributed by atoms with Crippen LogP contribution in [0.3, 0.4) is 0 Å². The van der Waals surface area contributed by atoms with Crippen LogP contribution < -0.4 is 10.1 Å². The predicted octanol–water partition coefficient (Wildman–Crippen LogP) is 4.33. The SMILES string of the molecule is Cl.Cl.O=[N+]([O-])c1cccc([C@H](c2ccc(OC(F)(F)F)cc2)N2CCNCC2)c1. The number of nitrogens with one attached hydrogen (secondary N) is 1. The molecular formula is C18H20Cl2F3N3O3. The fourth-order valence-corrected chi connectivity index (χ4v) is 3.21. The largest absolute Gasteiger partial charge is 0.573 e. The van der Waals surface area contributed by atoms with Crippen LogP contribution in [-0.2, 0) is 0 Å². The van der Waals surface area contributed by atoms with Crippen molar-refractivity contribution in [2.45, 2.75) is 12.4 Å². The summed E-state index contributed by atoms with van der Waals surface area (Å²) in [6, 6.07) is 11.7. The third-order valence-corrected chi connectivity index (χ3v) is 4.34. The highest BCUT2D eigenvalue weighted by atomic mass is 35.5. The number of ether oxygens (including phenoxy) is 1. The van der Waals surface area contributed by atoms with E-state index in [1.165, 1.54) is 24.3 Å². The molecule has 1 aliphatic rings. The first-order valence-corrected chi connectivity index (χ1v) is 8.38. The molecule has 6 nitrogen and oxygen atoms in total. The highest BCUT2D eigenvalue weighted by molar-refractivity contribution is 5.85. The van der Waals surface area contributed by atoms with Gasteiger partial charge in [0.1, 0.15) is 5.75 Å². The summed E-state index contributed by atoms with van der Waals surface area (Å²) in [5, 5.41) is 14.4. The van der Waals surface area contributed by atoms with E-state index in [1.807, 2.05) is 0 Å². The summed E-state index contributed by atoms with van der Waals surface area (Å²) in [6.07, 6.45) is -4.75. The van der Waals surface area contributed by atoms with Gasteiger partial charge in [-0.3, -0.25) is 15.0 Å². The molecule has 1 saturated heterocycles. The monoisotopic (exact) mass is 453 g/mol. The van der Waals surface area contributed by atoms with Crippen molar-refractivity contribution < 1.29 is 22.8 Å². The van der Waals surface area contributed by atoms with E-state index in [0.717, 1.165) is 24.2 Å². The lowest BCUT2D eigenvalue weighted by molar-refractivity contribution is -0.384. The fourth-order valence-electron chi connectivity index (χ4n) is 3.21. The molecule has 2 aromatic rings. The molecule has 160 valence electrons. The van der Waals surface area contributed by atoms with Gasteiger partial charge in [-0.05, 0) is 23.3 Å². The van der Waals surface area contributed by atoms with Crippen LogP contribution in [0.2, 0.25) is 0 Å². The Hall–Kier alpha value is -2.07. The van der Waals surface area contributed by atoms with Gasteiger partial charge in [0.25, 0.3) is 5.69 Å². The maximum absolute atomic E-state index is 12.4. The topological polar surface area (TPSA) is 67.6 Å². The minimum Gasteiger partial charge on any atom is -0.406 e. The smallest absolute Gasteiger partial charge is 0.406 e. The van der Waals surface area contributed by atoms with Crippen LogP contribution >= 0.6 is 24.8 Å². The molecule has 1 atom stereocenters. The van der Waals surface area contributed by atoms with E-state index >= 15 is 0 Å². The van der Waals surface area contributed by atoms with Gasteiger partial charge in [0.15, 0.2) is 0 Å². The number of rotatable bonds is 5. The Morgan fingerprint density at radius 1 is 1.03 bits per heavy atom. The van der Waals surface area contributed by atoms with Crippen LogP contribution in [0.25, 0.3) is 0 Å². The number of benzene rings is 2. The minimum atomic E-state index is -4.75. The Morgan fingerprint density at radius 3 is 2.21 bits per heavy atom. The van der Waals surface area contributed by atoms with Crippen LogP contribution in [0.5, 0.6) is 5.75 Å². The first-order chi connectivity index (χ1) is 12.8. The zero-order valence-electron chi connectivity index (χ0n) is 15.1.